The summed E-state index contributed by atoms with van der Waals surface area (Å²) in [4.78, 5) is 36.0. The smallest absolute Gasteiger partial charge is 0.339 e. The molecule has 0 aliphatic carbocycles. The Morgan fingerprint density at radius 3 is 2.24 bits per heavy atom. The summed E-state index contributed by atoms with van der Waals surface area (Å²) in [6.45, 7) is 0. The molecule has 0 saturated carbocycles. The van der Waals surface area contributed by atoms with Crippen molar-refractivity contribution in [2.45, 2.75) is 6.10 Å². The second-order valence-electron chi connectivity index (χ2n) is 4.95. The van der Waals surface area contributed by atoms with Gasteiger partial charge in [-0.15, -0.1) is 0 Å². The Balaban J connectivity index is 2.23. The van der Waals surface area contributed by atoms with Crippen molar-refractivity contribution >= 4 is 17.9 Å². The Hall–Kier alpha value is -3.66. The fraction of sp³-hybridized carbons (Fsp3) is 0.111. The average Bonchev–Trinajstić information content (AvgIpc) is 2.66. The normalized spacial score (nSPS) is 10.9. The Bertz CT molecular complexity index is 810. The lowest BCUT2D eigenvalue weighted by molar-refractivity contribution is -0.129. The van der Waals surface area contributed by atoms with E-state index >= 15 is 0 Å². The fourth-order valence-electron chi connectivity index (χ4n) is 2.00. The van der Waals surface area contributed by atoms with Gasteiger partial charge in [0, 0.05) is 12.6 Å². The number of ether oxygens (including phenoxy) is 1. The molecule has 2 N–H and O–H groups in total. The first kappa shape index (κ1) is 17.7. The van der Waals surface area contributed by atoms with Gasteiger partial charge in [0.05, 0.1) is 17.2 Å². The van der Waals surface area contributed by atoms with E-state index in [0.717, 1.165) is 0 Å². The molecule has 2 aromatic rings. The van der Waals surface area contributed by atoms with Crippen molar-refractivity contribution < 1.29 is 19.1 Å². The van der Waals surface area contributed by atoms with Gasteiger partial charge in [-0.3, -0.25) is 10.1 Å². The van der Waals surface area contributed by atoms with E-state index in [-0.39, 0.29) is 5.56 Å². The van der Waals surface area contributed by atoms with Crippen LogP contribution in [0.3, 0.4) is 0 Å². The molecular weight excluding hydrogens is 322 g/mol. The molecule has 0 radical (unpaired) electrons. The van der Waals surface area contributed by atoms with Gasteiger partial charge >= 0.3 is 12.0 Å². The minimum Gasteiger partial charge on any atom is -0.444 e. The van der Waals surface area contributed by atoms with E-state index in [4.69, 9.17) is 10.00 Å². The number of carbonyl (C=O) groups excluding carboxylic acids is 3. The first-order valence-corrected chi connectivity index (χ1v) is 7.34. The van der Waals surface area contributed by atoms with Gasteiger partial charge in [-0.2, -0.15) is 5.26 Å². The lowest BCUT2D eigenvalue weighted by atomic mass is 10.1. The highest BCUT2D eigenvalue weighted by Gasteiger charge is 2.26. The monoisotopic (exact) mass is 337 g/mol. The summed E-state index contributed by atoms with van der Waals surface area (Å²) < 4.78 is 5.29. The SMILES string of the molecule is CNC(=O)NC(=O)C(OC(=O)c1ccc(C#N)cc1)c1ccccc1. The molecule has 0 heterocycles. The number of urea groups is 1. The van der Waals surface area contributed by atoms with Gasteiger partial charge < -0.3 is 10.1 Å². The van der Waals surface area contributed by atoms with Gasteiger partial charge in [-0.1, -0.05) is 30.3 Å². The second-order valence-corrected chi connectivity index (χ2v) is 4.95. The van der Waals surface area contributed by atoms with Gasteiger partial charge in [0.2, 0.25) is 6.10 Å². The third-order valence-corrected chi connectivity index (χ3v) is 3.28. The summed E-state index contributed by atoms with van der Waals surface area (Å²) in [5, 5.41) is 13.1. The van der Waals surface area contributed by atoms with E-state index in [1.165, 1.54) is 31.3 Å². The number of carbonyl (C=O) groups is 3. The summed E-state index contributed by atoms with van der Waals surface area (Å²) in [7, 11) is 1.36. The van der Waals surface area contributed by atoms with Crippen LogP contribution in [0.5, 0.6) is 0 Å². The van der Waals surface area contributed by atoms with Crippen LogP contribution in [0.25, 0.3) is 0 Å². The molecule has 0 bridgehead atoms. The number of hydrogen-bond acceptors (Lipinski definition) is 5. The van der Waals surface area contributed by atoms with E-state index < -0.39 is 24.0 Å². The second kappa shape index (κ2) is 8.26. The predicted molar refractivity (Wildman–Crippen MR) is 88.4 cm³/mol. The molecule has 0 spiro atoms. The van der Waals surface area contributed by atoms with E-state index in [1.807, 2.05) is 6.07 Å². The summed E-state index contributed by atoms with van der Waals surface area (Å²) in [6, 6.07) is 15.4. The molecule has 0 fully saturated rings. The quantitative estimate of drug-likeness (QED) is 0.829. The number of hydrogen-bond donors (Lipinski definition) is 2. The highest BCUT2D eigenvalue weighted by atomic mass is 16.5. The number of esters is 1. The summed E-state index contributed by atoms with van der Waals surface area (Å²) in [5.74, 6) is -1.52. The summed E-state index contributed by atoms with van der Waals surface area (Å²) >= 11 is 0. The Morgan fingerprint density at radius 1 is 1.04 bits per heavy atom. The molecule has 2 aromatic carbocycles. The number of benzene rings is 2. The molecule has 0 aliphatic heterocycles. The summed E-state index contributed by atoms with van der Waals surface area (Å²) in [5.41, 5.74) is 1.01. The third-order valence-electron chi connectivity index (χ3n) is 3.28. The fourth-order valence-corrected chi connectivity index (χ4v) is 2.00. The van der Waals surface area contributed by atoms with Crippen LogP contribution in [0, 0.1) is 11.3 Å². The van der Waals surface area contributed by atoms with Crippen molar-refractivity contribution in [3.05, 3.63) is 71.3 Å². The molecule has 3 amide bonds. The average molecular weight is 337 g/mol. The van der Waals surface area contributed by atoms with Gasteiger partial charge in [0.1, 0.15) is 0 Å². The van der Waals surface area contributed by atoms with Gasteiger partial charge in [-0.05, 0) is 24.3 Å². The number of nitrogens with zero attached hydrogens (tertiary/aromatic N) is 1. The van der Waals surface area contributed by atoms with Crippen molar-refractivity contribution in [3.8, 4) is 6.07 Å². The van der Waals surface area contributed by atoms with Gasteiger partial charge in [-0.25, -0.2) is 9.59 Å². The molecule has 0 saturated heterocycles. The Morgan fingerprint density at radius 2 is 1.68 bits per heavy atom. The van der Waals surface area contributed by atoms with Crippen LogP contribution in [0.2, 0.25) is 0 Å². The number of imide groups is 1. The van der Waals surface area contributed by atoms with Crippen molar-refractivity contribution in [2.75, 3.05) is 7.05 Å². The molecule has 126 valence electrons. The molecular formula is C18H15N3O4. The maximum atomic E-state index is 12.3. The van der Waals surface area contributed by atoms with E-state index in [9.17, 15) is 14.4 Å². The Labute approximate surface area is 144 Å². The van der Waals surface area contributed by atoms with Crippen LogP contribution < -0.4 is 10.6 Å². The van der Waals surface area contributed by atoms with E-state index in [1.54, 1.807) is 30.3 Å². The van der Waals surface area contributed by atoms with E-state index in [2.05, 4.69) is 10.6 Å². The predicted octanol–water partition coefficient (Wildman–Crippen LogP) is 1.91. The van der Waals surface area contributed by atoms with E-state index in [0.29, 0.717) is 11.1 Å². The van der Waals surface area contributed by atoms with Crippen LogP contribution in [-0.4, -0.2) is 25.0 Å². The zero-order valence-corrected chi connectivity index (χ0v) is 13.4. The minimum absolute atomic E-state index is 0.188. The van der Waals surface area contributed by atoms with Crippen LogP contribution >= 0.6 is 0 Å². The van der Waals surface area contributed by atoms with Crippen LogP contribution in [0.1, 0.15) is 27.6 Å². The molecule has 1 unspecified atom stereocenters. The number of amides is 3. The standard InChI is InChI=1S/C18H15N3O4/c1-20-18(24)21-16(22)15(13-5-3-2-4-6-13)25-17(23)14-9-7-12(11-19)8-10-14/h2-10,15H,1H3,(H2,20,21,22,24). The van der Waals surface area contributed by atoms with Crippen LogP contribution in [0.4, 0.5) is 4.79 Å². The summed E-state index contributed by atoms with van der Waals surface area (Å²) in [6.07, 6.45) is -1.29. The number of rotatable bonds is 4. The van der Waals surface area contributed by atoms with Crippen LogP contribution in [-0.2, 0) is 9.53 Å². The van der Waals surface area contributed by atoms with Gasteiger partial charge in [0.25, 0.3) is 5.91 Å². The largest absolute Gasteiger partial charge is 0.444 e. The molecule has 0 aliphatic rings. The Kier molecular flexibility index (Phi) is 5.85. The highest BCUT2D eigenvalue weighted by Crippen LogP contribution is 2.20. The lowest BCUT2D eigenvalue weighted by Gasteiger charge is -2.17. The molecule has 7 heteroatoms. The molecule has 1 atom stereocenters. The van der Waals surface area contributed by atoms with Crippen molar-refractivity contribution in [3.63, 3.8) is 0 Å². The van der Waals surface area contributed by atoms with Crippen molar-refractivity contribution in [1.82, 2.24) is 10.6 Å². The highest BCUT2D eigenvalue weighted by molar-refractivity contribution is 5.99. The topological polar surface area (TPSA) is 108 Å². The number of nitriles is 1. The van der Waals surface area contributed by atoms with Crippen LogP contribution in [0.15, 0.2) is 54.6 Å². The number of nitrogens with one attached hydrogen (secondary N) is 2. The van der Waals surface area contributed by atoms with Crippen molar-refractivity contribution in [1.29, 1.82) is 5.26 Å². The first-order chi connectivity index (χ1) is 12.0. The maximum Gasteiger partial charge on any atom is 0.339 e. The lowest BCUT2D eigenvalue weighted by Crippen LogP contribution is -2.41. The molecule has 2 rings (SSSR count). The van der Waals surface area contributed by atoms with Crippen molar-refractivity contribution in [2.24, 2.45) is 0 Å². The van der Waals surface area contributed by atoms with Gasteiger partial charge in [0.15, 0.2) is 0 Å². The third kappa shape index (κ3) is 4.65. The minimum atomic E-state index is -1.29. The first-order valence-electron chi connectivity index (χ1n) is 7.34. The zero-order chi connectivity index (χ0) is 18.2. The maximum absolute atomic E-state index is 12.3. The molecule has 25 heavy (non-hydrogen) atoms. The molecule has 7 nitrogen and oxygen atoms in total. The molecule has 0 aromatic heterocycles. The zero-order valence-electron chi connectivity index (χ0n) is 13.4.